The fraction of sp³-hybridized carbons (Fsp3) is 0.738. The van der Waals surface area contributed by atoms with Gasteiger partial charge in [0, 0.05) is 51.9 Å². The van der Waals surface area contributed by atoms with Gasteiger partial charge in [0.2, 0.25) is 5.91 Å². The molecule has 1 amide bonds. The number of aryl methyl sites for hydroxylation is 4. The van der Waals surface area contributed by atoms with E-state index in [4.69, 9.17) is 0 Å². The molecule has 3 heterocycles. The summed E-state index contributed by atoms with van der Waals surface area (Å²) in [7, 11) is 9.36. The lowest BCUT2D eigenvalue weighted by atomic mass is 10.2. The lowest BCUT2D eigenvalue weighted by molar-refractivity contribution is -0.160. The molecule has 1 fully saturated rings. The highest BCUT2D eigenvalue weighted by molar-refractivity contribution is 5.94. The monoisotopic (exact) mass is 841 g/mol. The van der Waals surface area contributed by atoms with E-state index in [0.29, 0.717) is 30.9 Å². The fourth-order valence-electron chi connectivity index (χ4n) is 3.90. The zero-order valence-electron chi connectivity index (χ0n) is 39.7. The maximum Gasteiger partial charge on any atom is 0.320 e. The van der Waals surface area contributed by atoms with Crippen LogP contribution in [0, 0.1) is 25.7 Å². The molecule has 2 aromatic rings. The molecule has 0 saturated carbocycles. The van der Waals surface area contributed by atoms with E-state index in [0.717, 1.165) is 37.2 Å². The van der Waals surface area contributed by atoms with Crippen LogP contribution in [0.3, 0.4) is 0 Å². The number of nitrogens with zero attached hydrogens (tertiary/aromatic N) is 8. The first kappa shape index (κ1) is 61.0. The van der Waals surface area contributed by atoms with Crippen LogP contribution in [0.4, 0.5) is 0 Å². The summed E-state index contributed by atoms with van der Waals surface area (Å²) in [4.78, 5) is 65.6. The molecule has 1 saturated heterocycles. The van der Waals surface area contributed by atoms with Gasteiger partial charge in [-0.3, -0.25) is 28.5 Å². The molecule has 0 spiro atoms. The summed E-state index contributed by atoms with van der Waals surface area (Å²) in [5, 5.41) is 11.5. The molecule has 1 aliphatic rings. The Bertz CT molecular complexity index is 1350. The summed E-state index contributed by atoms with van der Waals surface area (Å²) in [6.45, 7) is 26.7. The second-order valence-electron chi connectivity index (χ2n) is 13.9. The highest BCUT2D eigenvalue weighted by Gasteiger charge is 2.23. The number of amides is 1. The van der Waals surface area contributed by atoms with Crippen molar-refractivity contribution in [3.8, 4) is 0 Å². The predicted octanol–water partition coefficient (Wildman–Crippen LogP) is 6.16. The fourth-order valence-corrected chi connectivity index (χ4v) is 3.90. The molecule has 0 aliphatic carbocycles. The average molecular weight is 841 g/mol. The lowest BCUT2D eigenvalue weighted by Crippen LogP contribution is -2.32. The normalized spacial score (nSPS) is 12.4. The quantitative estimate of drug-likeness (QED) is 0.0626. The van der Waals surface area contributed by atoms with E-state index in [1.54, 1.807) is 38.9 Å². The Morgan fingerprint density at radius 1 is 0.864 bits per heavy atom. The first-order valence-corrected chi connectivity index (χ1v) is 20.3. The molecule has 0 N–H and O–H groups in total. The SMILES string of the molecule is CC(C)N(C)C(C)C.CCC(C)=NOC.CCOC(=O)C(C)C(=O)OCC.CCOC(=O)C(C)C=O.CN1CCCCCC1=O.Cc1cc(C)n(C)n1.Cn1cncn1. The third-order valence-corrected chi connectivity index (χ3v) is 8.11. The van der Waals surface area contributed by atoms with Crippen molar-refractivity contribution in [2.24, 2.45) is 31.1 Å². The summed E-state index contributed by atoms with van der Waals surface area (Å²) in [6.07, 6.45) is 8.92. The van der Waals surface area contributed by atoms with Gasteiger partial charge < -0.3 is 33.6 Å². The van der Waals surface area contributed by atoms with Gasteiger partial charge in [-0.05, 0) is 115 Å². The van der Waals surface area contributed by atoms with Crippen LogP contribution in [-0.4, -0.2) is 130 Å². The third kappa shape index (κ3) is 36.2. The van der Waals surface area contributed by atoms with E-state index in [2.05, 4.69) is 85.1 Å². The zero-order valence-corrected chi connectivity index (χ0v) is 39.7. The van der Waals surface area contributed by atoms with Crippen molar-refractivity contribution in [1.82, 2.24) is 34.3 Å². The highest BCUT2D eigenvalue weighted by atomic mass is 16.6. The van der Waals surface area contributed by atoms with E-state index < -0.39 is 29.7 Å². The maximum atomic E-state index is 10.9. The first-order chi connectivity index (χ1) is 27.6. The predicted molar refractivity (Wildman–Crippen MR) is 233 cm³/mol. The van der Waals surface area contributed by atoms with Crippen molar-refractivity contribution in [3.05, 3.63) is 30.1 Å². The van der Waals surface area contributed by atoms with E-state index in [9.17, 15) is 24.0 Å². The Labute approximate surface area is 355 Å². The molecule has 17 heteroatoms. The Balaban J connectivity index is -0.000000302. The van der Waals surface area contributed by atoms with E-state index >= 15 is 0 Å². The molecule has 342 valence electrons. The number of carbonyl (C=O) groups excluding carboxylic acids is 5. The number of hydrogen-bond acceptors (Lipinski definition) is 14. The number of rotatable bonds is 11. The summed E-state index contributed by atoms with van der Waals surface area (Å²) in [5.74, 6) is -2.64. The number of carbonyl (C=O) groups is 5. The van der Waals surface area contributed by atoms with E-state index in [1.165, 1.54) is 38.7 Å². The Hall–Kier alpha value is -4.67. The Morgan fingerprint density at radius 2 is 1.37 bits per heavy atom. The number of aromatic nitrogens is 5. The van der Waals surface area contributed by atoms with Crippen LogP contribution in [0.25, 0.3) is 0 Å². The first-order valence-electron chi connectivity index (χ1n) is 20.3. The van der Waals surface area contributed by atoms with E-state index in [1.807, 2.05) is 58.4 Å². The van der Waals surface area contributed by atoms with Crippen molar-refractivity contribution >= 4 is 35.8 Å². The molecule has 0 aromatic carbocycles. The van der Waals surface area contributed by atoms with Gasteiger partial charge in [-0.15, -0.1) is 0 Å². The lowest BCUT2D eigenvalue weighted by Gasteiger charge is -2.24. The number of hydrogen-bond donors (Lipinski definition) is 0. The number of oxime groups is 1. The third-order valence-electron chi connectivity index (χ3n) is 8.11. The standard InChI is InChI=1S/C8H14O4.C7H13NO.C7H17N.C6H10N2.C6H10O3.C5H11NO.C3H5N3/c1-4-11-7(9)6(3)8(10)12-5-2;1-8-6-4-2-3-5-7(8)9;1-6(2)8(5)7(3)4;1-5-4-6(2)8(3)7-5;1-3-9-6(8)5(2)4-7;1-4-5(2)6-7-3;1-6-3-4-2-5-6/h6H,4-5H2,1-3H3;2-6H2,1H3;6-7H,1-5H3;4H,1-3H3;4-5H,3H2,1-2H3;4H2,1-3H3;2-3H,1H3. The molecule has 59 heavy (non-hydrogen) atoms. The van der Waals surface area contributed by atoms with Crippen LogP contribution in [0.2, 0.25) is 0 Å². The summed E-state index contributed by atoms with van der Waals surface area (Å²) < 4.78 is 17.3. The van der Waals surface area contributed by atoms with Gasteiger partial charge >= 0.3 is 17.9 Å². The topological polar surface area (TPSA) is 190 Å². The van der Waals surface area contributed by atoms with Crippen molar-refractivity contribution in [1.29, 1.82) is 0 Å². The highest BCUT2D eigenvalue weighted by Crippen LogP contribution is 2.08. The summed E-state index contributed by atoms with van der Waals surface area (Å²) in [5.41, 5.74) is 3.33. The zero-order chi connectivity index (χ0) is 46.5. The van der Waals surface area contributed by atoms with Crippen molar-refractivity contribution in [3.63, 3.8) is 0 Å². The molecule has 17 nitrogen and oxygen atoms in total. The van der Waals surface area contributed by atoms with E-state index in [-0.39, 0.29) is 13.2 Å². The minimum Gasteiger partial charge on any atom is -0.465 e. The average Bonchev–Trinajstić information content (AvgIpc) is 3.74. The summed E-state index contributed by atoms with van der Waals surface area (Å²) in [6, 6.07) is 3.41. The molecule has 1 unspecified atom stereocenters. The molecular weight excluding hydrogens is 761 g/mol. The molecule has 3 rings (SSSR count). The van der Waals surface area contributed by atoms with Gasteiger partial charge in [0.25, 0.3) is 0 Å². The number of ether oxygens (including phenoxy) is 3. The van der Waals surface area contributed by atoms with Crippen LogP contribution in [0.5, 0.6) is 0 Å². The van der Waals surface area contributed by atoms with Gasteiger partial charge in [0.1, 0.15) is 32.0 Å². The number of aldehydes is 1. The smallest absolute Gasteiger partial charge is 0.320 e. The minimum atomic E-state index is -0.815. The van der Waals surface area contributed by atoms with Crippen LogP contribution < -0.4 is 0 Å². The van der Waals surface area contributed by atoms with Gasteiger partial charge in [-0.2, -0.15) is 10.2 Å². The van der Waals surface area contributed by atoms with Crippen LogP contribution in [0.1, 0.15) is 120 Å². The Morgan fingerprint density at radius 3 is 1.64 bits per heavy atom. The van der Waals surface area contributed by atoms with Gasteiger partial charge in [0.15, 0.2) is 5.92 Å². The van der Waals surface area contributed by atoms with Gasteiger partial charge in [0.05, 0.1) is 31.2 Å². The molecule has 0 radical (unpaired) electrons. The number of esters is 3. The van der Waals surface area contributed by atoms with Crippen LogP contribution in [0.15, 0.2) is 23.9 Å². The second-order valence-corrected chi connectivity index (χ2v) is 13.9. The van der Waals surface area contributed by atoms with Gasteiger partial charge in [-0.1, -0.05) is 18.5 Å². The molecule has 1 aliphatic heterocycles. The van der Waals surface area contributed by atoms with Crippen LogP contribution >= 0.6 is 0 Å². The molecule has 0 bridgehead atoms. The molecular formula is C42H80N8O9. The van der Waals surface area contributed by atoms with Crippen molar-refractivity contribution < 1.29 is 43.0 Å². The number of likely N-dealkylation sites (tertiary alicyclic amines) is 1. The van der Waals surface area contributed by atoms with Crippen molar-refractivity contribution in [2.45, 2.75) is 134 Å². The largest absolute Gasteiger partial charge is 0.465 e. The van der Waals surface area contributed by atoms with Crippen LogP contribution in [-0.2, 0) is 57.1 Å². The second kappa shape index (κ2) is 38.8. The Kier molecular flexibility index (Phi) is 40.1. The maximum absolute atomic E-state index is 10.9. The summed E-state index contributed by atoms with van der Waals surface area (Å²) >= 11 is 0. The van der Waals surface area contributed by atoms with Crippen molar-refractivity contribution in [2.75, 3.05) is 47.6 Å². The molecule has 2 aromatic heterocycles. The minimum absolute atomic E-state index is 0.280. The molecule has 1 atom stereocenters. The van der Waals surface area contributed by atoms with Gasteiger partial charge in [-0.25, -0.2) is 4.98 Å².